The van der Waals surface area contributed by atoms with Gasteiger partial charge in [0.1, 0.15) is 6.17 Å². The van der Waals surface area contributed by atoms with E-state index in [1.54, 1.807) is 0 Å². The van der Waals surface area contributed by atoms with Crippen LogP contribution in [0.1, 0.15) is 25.9 Å². The van der Waals surface area contributed by atoms with Crippen LogP contribution in [0, 0.1) is 5.92 Å². The van der Waals surface area contributed by atoms with Crippen molar-refractivity contribution in [3.8, 4) is 0 Å². The lowest BCUT2D eigenvalue weighted by Crippen LogP contribution is -2.58. The molecule has 3 saturated heterocycles. The van der Waals surface area contributed by atoms with Crippen molar-refractivity contribution in [3.05, 3.63) is 34.7 Å². The van der Waals surface area contributed by atoms with Gasteiger partial charge >= 0.3 is 5.69 Å². The van der Waals surface area contributed by atoms with Gasteiger partial charge in [0.2, 0.25) is 0 Å². The van der Waals surface area contributed by atoms with Crippen LogP contribution in [0.2, 0.25) is 0 Å². The quantitative estimate of drug-likeness (QED) is 0.779. The molecular formula is C21H33N7O. The Hall–Kier alpha value is -1.87. The Bertz CT molecular complexity index is 894. The summed E-state index contributed by atoms with van der Waals surface area (Å²) >= 11 is 0. The van der Waals surface area contributed by atoms with Gasteiger partial charge in [-0.1, -0.05) is 19.1 Å². The zero-order chi connectivity index (χ0) is 19.8. The van der Waals surface area contributed by atoms with Crippen molar-refractivity contribution < 1.29 is 0 Å². The highest BCUT2D eigenvalue weighted by Gasteiger charge is 2.35. The average molecular weight is 400 g/mol. The normalized spacial score (nSPS) is 27.6. The van der Waals surface area contributed by atoms with Crippen LogP contribution in [0.4, 0.5) is 0 Å². The van der Waals surface area contributed by atoms with E-state index in [0.717, 1.165) is 76.4 Å². The molecule has 1 aromatic carbocycles. The van der Waals surface area contributed by atoms with Crippen LogP contribution in [0.25, 0.3) is 11.0 Å². The molecule has 0 saturated carbocycles. The molecule has 2 unspecified atom stereocenters. The van der Waals surface area contributed by atoms with Gasteiger partial charge in [0.15, 0.2) is 0 Å². The van der Waals surface area contributed by atoms with Crippen molar-refractivity contribution in [2.24, 2.45) is 5.92 Å². The molecule has 0 radical (unpaired) electrons. The number of hydrazine groups is 1. The molecule has 8 nitrogen and oxygen atoms in total. The molecule has 0 aliphatic carbocycles. The number of hydrogen-bond acceptors (Lipinski definition) is 6. The van der Waals surface area contributed by atoms with Crippen LogP contribution in [-0.4, -0.2) is 78.2 Å². The maximum Gasteiger partial charge on any atom is 0.349 e. The zero-order valence-electron chi connectivity index (χ0n) is 17.4. The summed E-state index contributed by atoms with van der Waals surface area (Å²) in [6, 6.07) is 8.31. The zero-order valence-corrected chi connectivity index (χ0v) is 17.4. The number of imidazole rings is 1. The molecule has 8 heteroatoms. The Morgan fingerprint density at radius 3 is 2.17 bits per heavy atom. The summed E-state index contributed by atoms with van der Waals surface area (Å²) < 4.78 is 4.01. The van der Waals surface area contributed by atoms with Gasteiger partial charge in [-0.2, -0.15) is 0 Å². The second-order valence-electron chi connectivity index (χ2n) is 8.63. The van der Waals surface area contributed by atoms with E-state index in [4.69, 9.17) is 0 Å². The molecule has 158 valence electrons. The van der Waals surface area contributed by atoms with Gasteiger partial charge in [-0.3, -0.25) is 4.57 Å². The predicted molar refractivity (Wildman–Crippen MR) is 116 cm³/mol. The van der Waals surface area contributed by atoms with E-state index < -0.39 is 0 Å². The fourth-order valence-corrected chi connectivity index (χ4v) is 5.15. The van der Waals surface area contributed by atoms with Gasteiger partial charge in [-0.25, -0.2) is 19.5 Å². The van der Waals surface area contributed by atoms with Gasteiger partial charge < -0.3 is 15.6 Å². The van der Waals surface area contributed by atoms with E-state index in [-0.39, 0.29) is 11.9 Å². The van der Waals surface area contributed by atoms with Crippen LogP contribution in [-0.2, 0) is 0 Å². The molecule has 0 bridgehead atoms. The van der Waals surface area contributed by atoms with Crippen molar-refractivity contribution in [1.29, 1.82) is 0 Å². The van der Waals surface area contributed by atoms with Crippen LogP contribution in [0.3, 0.4) is 0 Å². The van der Waals surface area contributed by atoms with E-state index in [2.05, 4.69) is 55.4 Å². The molecule has 1 aromatic heterocycles. The third-order valence-electron chi connectivity index (χ3n) is 6.70. The minimum Gasteiger partial charge on any atom is -0.314 e. The Morgan fingerprint density at radius 2 is 1.48 bits per heavy atom. The molecule has 0 amide bonds. The van der Waals surface area contributed by atoms with E-state index >= 15 is 0 Å². The first kappa shape index (κ1) is 19.1. The predicted octanol–water partition coefficient (Wildman–Crippen LogP) is 0.395. The summed E-state index contributed by atoms with van der Waals surface area (Å²) in [4.78, 5) is 13.8. The summed E-state index contributed by atoms with van der Waals surface area (Å²) in [7, 11) is 0. The summed E-state index contributed by atoms with van der Waals surface area (Å²) in [6.45, 7) is 10.9. The highest BCUT2D eigenvalue weighted by atomic mass is 16.2. The minimum absolute atomic E-state index is 0.0819. The molecule has 0 spiro atoms. The second-order valence-corrected chi connectivity index (χ2v) is 8.63. The molecule has 29 heavy (non-hydrogen) atoms. The van der Waals surface area contributed by atoms with Gasteiger partial charge in [0, 0.05) is 58.9 Å². The summed E-state index contributed by atoms with van der Waals surface area (Å²) in [6.07, 6.45) is 2.28. The average Bonchev–Trinajstić information content (AvgIpc) is 3.06. The Labute approximate surface area is 172 Å². The van der Waals surface area contributed by atoms with Gasteiger partial charge in [-0.05, 0) is 30.9 Å². The first-order valence-corrected chi connectivity index (χ1v) is 11.1. The fraction of sp³-hybridized carbons (Fsp3) is 0.667. The molecular weight excluding hydrogens is 366 g/mol. The number of piperazine rings is 2. The molecule has 3 fully saturated rings. The SMILES string of the molecule is CC1CCN(N2CCNCC2)C(n2c(=O)n(N3CCNCC3)c3ccccc32)C1. The number of nitrogens with zero attached hydrogens (tertiary/aromatic N) is 5. The first-order valence-electron chi connectivity index (χ1n) is 11.1. The van der Waals surface area contributed by atoms with Crippen molar-refractivity contribution >= 4 is 11.0 Å². The molecule has 4 heterocycles. The minimum atomic E-state index is 0.0819. The number of fused-ring (bicyclic) bond motifs is 1. The third kappa shape index (κ3) is 3.48. The van der Waals surface area contributed by atoms with Crippen LogP contribution < -0.4 is 21.3 Å². The largest absolute Gasteiger partial charge is 0.349 e. The van der Waals surface area contributed by atoms with E-state index in [0.29, 0.717) is 5.92 Å². The first-order chi connectivity index (χ1) is 14.2. The summed E-state index contributed by atoms with van der Waals surface area (Å²) in [5.41, 5.74) is 2.18. The number of piperidine rings is 1. The number of rotatable bonds is 3. The smallest absolute Gasteiger partial charge is 0.314 e. The van der Waals surface area contributed by atoms with E-state index in [1.807, 2.05) is 10.7 Å². The number of hydrogen-bond donors (Lipinski definition) is 2. The molecule has 2 aromatic rings. The maximum atomic E-state index is 13.8. The van der Waals surface area contributed by atoms with Gasteiger partial charge in [-0.15, -0.1) is 0 Å². The topological polar surface area (TPSA) is 60.7 Å². The fourth-order valence-electron chi connectivity index (χ4n) is 5.15. The van der Waals surface area contributed by atoms with Crippen molar-refractivity contribution in [2.75, 3.05) is 63.9 Å². The summed E-state index contributed by atoms with van der Waals surface area (Å²) in [5.74, 6) is 0.618. The lowest BCUT2D eigenvalue weighted by Gasteiger charge is -2.46. The Balaban J connectivity index is 1.60. The molecule has 3 aliphatic rings. The maximum absolute atomic E-state index is 13.8. The highest BCUT2D eigenvalue weighted by molar-refractivity contribution is 5.76. The molecule has 2 atom stereocenters. The molecule has 5 rings (SSSR count). The van der Waals surface area contributed by atoms with Gasteiger partial charge in [0.25, 0.3) is 0 Å². The molecule has 2 N–H and O–H groups in total. The third-order valence-corrected chi connectivity index (χ3v) is 6.70. The number of para-hydroxylation sites is 2. The Kier molecular flexibility index (Phi) is 5.34. The molecule has 3 aliphatic heterocycles. The monoisotopic (exact) mass is 399 g/mol. The number of nitrogens with one attached hydrogen (secondary N) is 2. The summed E-state index contributed by atoms with van der Waals surface area (Å²) in [5, 5.41) is 14.0. The standard InChI is InChI=1S/C21H33N7O/c1-17-6-11-26(24-12-7-22-8-13-24)20(16-17)27-18-4-2-3-5-19(18)28(21(27)29)25-14-9-23-10-15-25/h2-5,17,20,22-23H,6-16H2,1H3. The lowest BCUT2D eigenvalue weighted by molar-refractivity contribution is -0.118. The van der Waals surface area contributed by atoms with Gasteiger partial charge in [0.05, 0.1) is 11.0 Å². The van der Waals surface area contributed by atoms with Crippen LogP contribution in [0.15, 0.2) is 29.1 Å². The van der Waals surface area contributed by atoms with E-state index in [1.165, 1.54) is 6.42 Å². The second kappa shape index (κ2) is 8.10. The van der Waals surface area contributed by atoms with E-state index in [9.17, 15) is 4.79 Å². The number of benzene rings is 1. The van der Waals surface area contributed by atoms with Crippen molar-refractivity contribution in [2.45, 2.75) is 25.9 Å². The van der Waals surface area contributed by atoms with Crippen molar-refractivity contribution in [3.63, 3.8) is 0 Å². The Morgan fingerprint density at radius 1 is 0.862 bits per heavy atom. The highest BCUT2D eigenvalue weighted by Crippen LogP contribution is 2.33. The lowest BCUT2D eigenvalue weighted by atomic mass is 9.97. The number of aromatic nitrogens is 2. The van der Waals surface area contributed by atoms with Crippen molar-refractivity contribution in [1.82, 2.24) is 29.9 Å². The van der Waals surface area contributed by atoms with Crippen LogP contribution >= 0.6 is 0 Å². The van der Waals surface area contributed by atoms with Crippen LogP contribution in [0.5, 0.6) is 0 Å².